The molecule has 1 aromatic heterocycles. The number of halogens is 1. The molecular formula is C9H13ClO. The van der Waals surface area contributed by atoms with Gasteiger partial charge in [-0.1, -0.05) is 19.8 Å². The van der Waals surface area contributed by atoms with Crippen LogP contribution in [0, 0.1) is 0 Å². The fraction of sp³-hybridized carbons (Fsp3) is 0.556. The van der Waals surface area contributed by atoms with Crippen molar-refractivity contribution in [2.24, 2.45) is 0 Å². The van der Waals surface area contributed by atoms with E-state index in [4.69, 9.17) is 16.0 Å². The van der Waals surface area contributed by atoms with Crippen LogP contribution >= 0.6 is 11.6 Å². The van der Waals surface area contributed by atoms with E-state index in [9.17, 15) is 0 Å². The van der Waals surface area contributed by atoms with Crippen molar-refractivity contribution in [3.63, 3.8) is 0 Å². The molecule has 0 bridgehead atoms. The summed E-state index contributed by atoms with van der Waals surface area (Å²) in [6.07, 6.45) is 6.40. The first-order valence-electron chi connectivity index (χ1n) is 4.06. The van der Waals surface area contributed by atoms with E-state index in [-0.39, 0.29) is 0 Å². The van der Waals surface area contributed by atoms with Crippen LogP contribution in [0.25, 0.3) is 0 Å². The van der Waals surface area contributed by atoms with Crippen molar-refractivity contribution in [3.8, 4) is 0 Å². The first kappa shape index (κ1) is 8.66. The Hall–Kier alpha value is -0.430. The van der Waals surface area contributed by atoms with Crippen molar-refractivity contribution in [2.75, 3.05) is 0 Å². The van der Waals surface area contributed by atoms with Crippen LogP contribution in [0.3, 0.4) is 0 Å². The van der Waals surface area contributed by atoms with Crippen LogP contribution < -0.4 is 0 Å². The third kappa shape index (κ3) is 2.58. The fourth-order valence-electron chi connectivity index (χ4n) is 1.06. The van der Waals surface area contributed by atoms with Crippen molar-refractivity contribution >= 4 is 11.6 Å². The fourth-order valence-corrected chi connectivity index (χ4v) is 1.27. The lowest BCUT2D eigenvalue weighted by Crippen LogP contribution is -1.81. The molecule has 0 atom stereocenters. The minimum Gasteiger partial charge on any atom is -0.453 e. The minimum absolute atomic E-state index is 0.557. The van der Waals surface area contributed by atoms with E-state index >= 15 is 0 Å². The Kier molecular flexibility index (Phi) is 3.50. The molecule has 0 saturated carbocycles. The quantitative estimate of drug-likeness (QED) is 0.632. The molecular weight excluding hydrogens is 160 g/mol. The largest absolute Gasteiger partial charge is 0.453 e. The van der Waals surface area contributed by atoms with E-state index < -0.39 is 0 Å². The average Bonchev–Trinajstić information content (AvgIpc) is 2.37. The molecule has 0 aliphatic rings. The van der Waals surface area contributed by atoms with Crippen molar-refractivity contribution in [3.05, 3.63) is 23.1 Å². The first-order chi connectivity index (χ1) is 5.34. The van der Waals surface area contributed by atoms with Crippen LogP contribution in [0.2, 0.25) is 5.22 Å². The Balaban J connectivity index is 2.32. The lowest BCUT2D eigenvalue weighted by atomic mass is 10.1. The van der Waals surface area contributed by atoms with Gasteiger partial charge in [-0.25, -0.2) is 0 Å². The maximum atomic E-state index is 5.75. The molecule has 62 valence electrons. The van der Waals surface area contributed by atoms with E-state index in [1.807, 2.05) is 6.07 Å². The maximum absolute atomic E-state index is 5.75. The first-order valence-corrected chi connectivity index (χ1v) is 4.44. The number of hydrogen-bond donors (Lipinski definition) is 0. The highest BCUT2D eigenvalue weighted by Gasteiger charge is 2.01. The molecule has 0 N–H and O–H groups in total. The highest BCUT2D eigenvalue weighted by Crippen LogP contribution is 2.18. The zero-order valence-corrected chi connectivity index (χ0v) is 7.53. The van der Waals surface area contributed by atoms with Gasteiger partial charge in [0.25, 0.3) is 0 Å². The van der Waals surface area contributed by atoms with Crippen LogP contribution in [0.4, 0.5) is 0 Å². The van der Waals surface area contributed by atoms with Gasteiger partial charge in [0.05, 0.1) is 6.26 Å². The number of aryl methyl sites for hydroxylation is 1. The maximum Gasteiger partial charge on any atom is 0.196 e. The van der Waals surface area contributed by atoms with Gasteiger partial charge in [-0.2, -0.15) is 0 Å². The molecule has 0 aliphatic carbocycles. The summed E-state index contributed by atoms with van der Waals surface area (Å²) >= 11 is 5.75. The number of unbranched alkanes of at least 4 members (excludes halogenated alkanes) is 2. The van der Waals surface area contributed by atoms with E-state index in [1.165, 1.54) is 19.3 Å². The van der Waals surface area contributed by atoms with Gasteiger partial charge < -0.3 is 4.42 Å². The predicted octanol–water partition coefficient (Wildman–Crippen LogP) is 3.67. The number of rotatable bonds is 4. The second kappa shape index (κ2) is 4.45. The normalized spacial score (nSPS) is 10.4. The topological polar surface area (TPSA) is 13.1 Å². The Labute approximate surface area is 72.4 Å². The summed E-state index contributed by atoms with van der Waals surface area (Å²) in [5.74, 6) is 0. The second-order valence-electron chi connectivity index (χ2n) is 2.68. The van der Waals surface area contributed by atoms with E-state index in [0.29, 0.717) is 5.22 Å². The molecule has 0 aromatic carbocycles. The van der Waals surface area contributed by atoms with Crippen LogP contribution in [-0.2, 0) is 6.42 Å². The summed E-state index contributed by atoms with van der Waals surface area (Å²) in [5.41, 5.74) is 1.14. The summed E-state index contributed by atoms with van der Waals surface area (Å²) in [7, 11) is 0. The molecule has 1 rings (SSSR count). The summed E-state index contributed by atoms with van der Waals surface area (Å²) in [6.45, 7) is 2.19. The Morgan fingerprint density at radius 2 is 2.27 bits per heavy atom. The lowest BCUT2D eigenvalue weighted by Gasteiger charge is -1.95. The second-order valence-corrected chi connectivity index (χ2v) is 3.02. The number of hydrogen-bond acceptors (Lipinski definition) is 1. The summed E-state index contributed by atoms with van der Waals surface area (Å²) in [4.78, 5) is 0. The zero-order valence-electron chi connectivity index (χ0n) is 6.77. The number of furan rings is 1. The van der Waals surface area contributed by atoms with Crippen LogP contribution in [0.1, 0.15) is 31.7 Å². The molecule has 0 aliphatic heterocycles. The highest BCUT2D eigenvalue weighted by molar-refractivity contribution is 6.29. The summed E-state index contributed by atoms with van der Waals surface area (Å²) in [6, 6.07) is 1.94. The van der Waals surface area contributed by atoms with Crippen LogP contribution in [0.5, 0.6) is 0 Å². The molecule has 0 saturated heterocycles. The van der Waals surface area contributed by atoms with Gasteiger partial charge in [-0.05, 0) is 30.5 Å². The van der Waals surface area contributed by atoms with Gasteiger partial charge in [0.15, 0.2) is 5.22 Å². The SMILES string of the molecule is CCCCCc1ccoc1Cl. The van der Waals surface area contributed by atoms with Gasteiger partial charge in [-0.3, -0.25) is 0 Å². The molecule has 0 amide bonds. The molecule has 0 spiro atoms. The van der Waals surface area contributed by atoms with Crippen LogP contribution in [0.15, 0.2) is 16.7 Å². The average molecular weight is 173 g/mol. The van der Waals surface area contributed by atoms with Crippen molar-refractivity contribution < 1.29 is 4.42 Å². The van der Waals surface area contributed by atoms with E-state index in [1.54, 1.807) is 6.26 Å². The van der Waals surface area contributed by atoms with Gasteiger partial charge in [0.2, 0.25) is 0 Å². The summed E-state index contributed by atoms with van der Waals surface area (Å²) in [5, 5.41) is 0.557. The zero-order chi connectivity index (χ0) is 8.10. The Morgan fingerprint density at radius 3 is 2.82 bits per heavy atom. The standard InChI is InChI=1S/C9H13ClO/c1-2-3-4-5-8-6-7-11-9(8)10/h6-7H,2-5H2,1H3. The Bertz CT molecular complexity index is 205. The summed E-state index contributed by atoms with van der Waals surface area (Å²) < 4.78 is 4.96. The highest BCUT2D eigenvalue weighted by atomic mass is 35.5. The van der Waals surface area contributed by atoms with Gasteiger partial charge in [-0.15, -0.1) is 0 Å². The minimum atomic E-state index is 0.557. The van der Waals surface area contributed by atoms with Crippen molar-refractivity contribution in [1.29, 1.82) is 0 Å². The monoisotopic (exact) mass is 172 g/mol. The third-order valence-electron chi connectivity index (χ3n) is 1.74. The molecule has 11 heavy (non-hydrogen) atoms. The predicted molar refractivity (Wildman–Crippen MR) is 46.9 cm³/mol. The molecule has 0 unspecified atom stereocenters. The third-order valence-corrected chi connectivity index (χ3v) is 2.07. The molecule has 1 aromatic rings. The van der Waals surface area contributed by atoms with Crippen molar-refractivity contribution in [2.45, 2.75) is 32.6 Å². The molecule has 2 heteroatoms. The molecule has 1 nitrogen and oxygen atoms in total. The lowest BCUT2D eigenvalue weighted by molar-refractivity contribution is 0.564. The molecule has 0 radical (unpaired) electrons. The van der Waals surface area contributed by atoms with Gasteiger partial charge in [0, 0.05) is 5.56 Å². The van der Waals surface area contributed by atoms with Crippen LogP contribution in [-0.4, -0.2) is 0 Å². The van der Waals surface area contributed by atoms with E-state index in [0.717, 1.165) is 12.0 Å². The van der Waals surface area contributed by atoms with Gasteiger partial charge in [0.1, 0.15) is 0 Å². The Morgan fingerprint density at radius 1 is 1.45 bits per heavy atom. The van der Waals surface area contributed by atoms with Gasteiger partial charge >= 0.3 is 0 Å². The molecule has 0 fully saturated rings. The van der Waals surface area contributed by atoms with E-state index in [2.05, 4.69) is 6.92 Å². The van der Waals surface area contributed by atoms with Crippen molar-refractivity contribution in [1.82, 2.24) is 0 Å². The smallest absolute Gasteiger partial charge is 0.196 e. The molecule has 1 heterocycles.